The van der Waals surface area contributed by atoms with E-state index in [0.717, 1.165) is 19.5 Å². The second kappa shape index (κ2) is 10.0. The Kier molecular flexibility index (Phi) is 7.42. The summed E-state index contributed by atoms with van der Waals surface area (Å²) in [7, 11) is -3.49. The lowest BCUT2D eigenvalue weighted by atomic mass is 10.00. The topological polar surface area (TPSA) is 69.7 Å². The summed E-state index contributed by atoms with van der Waals surface area (Å²) in [6.45, 7) is 6.34. The molecule has 0 saturated carbocycles. The van der Waals surface area contributed by atoms with E-state index in [1.54, 1.807) is 24.3 Å². The Morgan fingerprint density at radius 2 is 1.70 bits per heavy atom. The molecule has 0 aliphatic carbocycles. The van der Waals surface area contributed by atoms with Gasteiger partial charge in [0.25, 0.3) is 0 Å². The number of carbonyl (C=O) groups excluding carboxylic acids is 1. The molecule has 7 heteroatoms. The number of amides is 1. The number of benzene rings is 2. The average Bonchev–Trinajstić information content (AvgIpc) is 2.76. The molecule has 0 atom stereocenters. The van der Waals surface area contributed by atoms with E-state index >= 15 is 0 Å². The summed E-state index contributed by atoms with van der Waals surface area (Å²) < 4.78 is 26.5. The first-order chi connectivity index (χ1) is 14.4. The standard InChI is InChI=1S/C23H29N3O3S/c1-3-26(4-2)30(28,29)22-12-10-21(11-13-22)24-23(27)18-25-16-14-20(15-17-25)19-8-6-5-7-9-19/h5-14H,3-4,15-18H2,1-2H3,(H,24,27). The number of sulfonamides is 1. The fourth-order valence-electron chi connectivity index (χ4n) is 3.60. The number of nitrogens with one attached hydrogen (secondary N) is 1. The van der Waals surface area contributed by atoms with Gasteiger partial charge in [0.15, 0.2) is 0 Å². The first-order valence-corrected chi connectivity index (χ1v) is 11.7. The van der Waals surface area contributed by atoms with Crippen molar-refractivity contribution in [3.8, 4) is 0 Å². The highest BCUT2D eigenvalue weighted by molar-refractivity contribution is 7.89. The highest BCUT2D eigenvalue weighted by Gasteiger charge is 2.21. The molecule has 1 amide bonds. The van der Waals surface area contributed by atoms with Crippen LogP contribution in [0.5, 0.6) is 0 Å². The van der Waals surface area contributed by atoms with Crippen LogP contribution in [0.15, 0.2) is 65.6 Å². The van der Waals surface area contributed by atoms with Gasteiger partial charge in [-0.3, -0.25) is 9.69 Å². The average molecular weight is 428 g/mol. The third-order valence-corrected chi connectivity index (χ3v) is 7.35. The summed E-state index contributed by atoms with van der Waals surface area (Å²) in [5.41, 5.74) is 3.15. The lowest BCUT2D eigenvalue weighted by molar-refractivity contribution is -0.117. The SMILES string of the molecule is CCN(CC)S(=O)(=O)c1ccc(NC(=O)CN2CC=C(c3ccccc3)CC2)cc1. The third-order valence-electron chi connectivity index (χ3n) is 5.29. The molecule has 2 aromatic carbocycles. The maximum absolute atomic E-state index is 12.5. The summed E-state index contributed by atoms with van der Waals surface area (Å²) in [6.07, 6.45) is 3.09. The zero-order valence-electron chi connectivity index (χ0n) is 17.5. The van der Waals surface area contributed by atoms with Crippen molar-refractivity contribution >= 4 is 27.2 Å². The van der Waals surface area contributed by atoms with Gasteiger partial charge in [-0.1, -0.05) is 50.3 Å². The van der Waals surface area contributed by atoms with Crippen molar-refractivity contribution in [1.82, 2.24) is 9.21 Å². The maximum Gasteiger partial charge on any atom is 0.243 e. The maximum atomic E-state index is 12.5. The molecule has 0 aromatic heterocycles. The van der Waals surface area contributed by atoms with E-state index in [4.69, 9.17) is 0 Å². The van der Waals surface area contributed by atoms with Gasteiger partial charge in [-0.05, 0) is 41.8 Å². The lowest BCUT2D eigenvalue weighted by Gasteiger charge is -2.26. The number of hydrogen-bond acceptors (Lipinski definition) is 4. The van der Waals surface area contributed by atoms with Gasteiger partial charge in [0.2, 0.25) is 15.9 Å². The van der Waals surface area contributed by atoms with Gasteiger partial charge in [-0.2, -0.15) is 4.31 Å². The van der Waals surface area contributed by atoms with Crippen LogP contribution in [0.1, 0.15) is 25.8 Å². The molecule has 1 aliphatic rings. The molecule has 3 rings (SSSR count). The molecule has 0 saturated heterocycles. The molecule has 0 radical (unpaired) electrons. The summed E-state index contributed by atoms with van der Waals surface area (Å²) >= 11 is 0. The largest absolute Gasteiger partial charge is 0.325 e. The minimum absolute atomic E-state index is 0.106. The van der Waals surface area contributed by atoms with Crippen molar-refractivity contribution < 1.29 is 13.2 Å². The van der Waals surface area contributed by atoms with Crippen molar-refractivity contribution in [2.45, 2.75) is 25.2 Å². The van der Waals surface area contributed by atoms with Gasteiger partial charge in [0.1, 0.15) is 0 Å². The molecule has 0 fully saturated rings. The highest BCUT2D eigenvalue weighted by Crippen LogP contribution is 2.22. The number of nitrogens with zero attached hydrogens (tertiary/aromatic N) is 2. The Labute approximate surface area is 179 Å². The Balaban J connectivity index is 1.55. The number of rotatable bonds is 8. The number of anilines is 1. The van der Waals surface area contributed by atoms with Crippen LogP contribution in [0.3, 0.4) is 0 Å². The van der Waals surface area contributed by atoms with Gasteiger partial charge < -0.3 is 5.32 Å². The van der Waals surface area contributed by atoms with Crippen molar-refractivity contribution in [2.24, 2.45) is 0 Å². The molecule has 30 heavy (non-hydrogen) atoms. The van der Waals surface area contributed by atoms with Gasteiger partial charge in [-0.25, -0.2) is 8.42 Å². The molecule has 1 aliphatic heterocycles. The lowest BCUT2D eigenvalue weighted by Crippen LogP contribution is -2.36. The first-order valence-electron chi connectivity index (χ1n) is 10.3. The molecular weight excluding hydrogens is 398 g/mol. The van der Waals surface area contributed by atoms with Crippen LogP contribution in [0, 0.1) is 0 Å². The molecule has 6 nitrogen and oxygen atoms in total. The van der Waals surface area contributed by atoms with E-state index < -0.39 is 10.0 Å². The molecule has 160 valence electrons. The van der Waals surface area contributed by atoms with E-state index in [-0.39, 0.29) is 10.8 Å². The fraction of sp³-hybridized carbons (Fsp3) is 0.348. The Morgan fingerprint density at radius 1 is 1.03 bits per heavy atom. The van der Waals surface area contributed by atoms with E-state index in [1.807, 2.05) is 32.0 Å². The Morgan fingerprint density at radius 3 is 2.27 bits per heavy atom. The van der Waals surface area contributed by atoms with E-state index in [9.17, 15) is 13.2 Å². The van der Waals surface area contributed by atoms with Crippen LogP contribution in [0.25, 0.3) is 5.57 Å². The van der Waals surface area contributed by atoms with Crippen molar-refractivity contribution in [1.29, 1.82) is 0 Å². The van der Waals surface area contributed by atoms with E-state index in [0.29, 0.717) is 25.3 Å². The second-order valence-electron chi connectivity index (χ2n) is 7.24. The molecular formula is C23H29N3O3S. The van der Waals surface area contributed by atoms with Crippen LogP contribution < -0.4 is 5.32 Å². The zero-order valence-corrected chi connectivity index (χ0v) is 18.4. The predicted octanol–water partition coefficient (Wildman–Crippen LogP) is 3.44. The smallest absolute Gasteiger partial charge is 0.243 e. The van der Waals surface area contributed by atoms with E-state index in [1.165, 1.54) is 15.4 Å². The van der Waals surface area contributed by atoms with Crippen molar-refractivity contribution in [3.05, 3.63) is 66.2 Å². The first kappa shape index (κ1) is 22.2. The van der Waals surface area contributed by atoms with Crippen LogP contribution in [-0.2, 0) is 14.8 Å². The van der Waals surface area contributed by atoms with Crippen molar-refractivity contribution in [2.75, 3.05) is 38.0 Å². The minimum atomic E-state index is -3.49. The Hall–Kier alpha value is -2.48. The van der Waals surface area contributed by atoms with Crippen LogP contribution in [-0.4, -0.2) is 56.3 Å². The normalized spacial score (nSPS) is 15.1. The predicted molar refractivity (Wildman–Crippen MR) is 121 cm³/mol. The van der Waals surface area contributed by atoms with Gasteiger partial charge in [-0.15, -0.1) is 0 Å². The number of hydrogen-bond donors (Lipinski definition) is 1. The van der Waals surface area contributed by atoms with Crippen LogP contribution >= 0.6 is 0 Å². The highest BCUT2D eigenvalue weighted by atomic mass is 32.2. The Bertz CT molecular complexity index is 982. The molecule has 0 spiro atoms. The molecule has 2 aromatic rings. The van der Waals surface area contributed by atoms with E-state index in [2.05, 4.69) is 28.4 Å². The van der Waals surface area contributed by atoms with Gasteiger partial charge in [0, 0.05) is 31.9 Å². The summed E-state index contributed by atoms with van der Waals surface area (Å²) in [4.78, 5) is 14.7. The fourth-order valence-corrected chi connectivity index (χ4v) is 5.05. The second-order valence-corrected chi connectivity index (χ2v) is 9.18. The molecule has 0 unspecified atom stereocenters. The zero-order chi connectivity index (χ0) is 21.6. The van der Waals surface area contributed by atoms with Crippen LogP contribution in [0.4, 0.5) is 5.69 Å². The number of carbonyl (C=O) groups is 1. The summed E-state index contributed by atoms with van der Waals surface area (Å²) in [5, 5.41) is 2.86. The summed E-state index contributed by atoms with van der Waals surface area (Å²) in [6, 6.07) is 16.7. The third kappa shape index (κ3) is 5.36. The summed E-state index contributed by atoms with van der Waals surface area (Å²) in [5.74, 6) is -0.106. The van der Waals surface area contributed by atoms with Gasteiger partial charge in [0.05, 0.1) is 11.4 Å². The minimum Gasteiger partial charge on any atom is -0.325 e. The van der Waals surface area contributed by atoms with Crippen molar-refractivity contribution in [3.63, 3.8) is 0 Å². The molecule has 0 bridgehead atoms. The van der Waals surface area contributed by atoms with Crippen LogP contribution in [0.2, 0.25) is 0 Å². The molecule has 1 heterocycles. The molecule has 1 N–H and O–H groups in total. The quantitative estimate of drug-likeness (QED) is 0.701. The van der Waals surface area contributed by atoms with Gasteiger partial charge >= 0.3 is 0 Å². The monoisotopic (exact) mass is 427 g/mol.